The lowest BCUT2D eigenvalue weighted by Gasteiger charge is -2.44. The number of rotatable bonds is 4. The van der Waals surface area contributed by atoms with Crippen LogP contribution in [0.15, 0.2) is 60.7 Å². The minimum absolute atomic E-state index is 0.0709. The lowest BCUT2D eigenvalue weighted by Crippen LogP contribution is -2.68. The average molecular weight is 339 g/mol. The quantitative estimate of drug-likeness (QED) is 0.795. The number of ketones is 1. The van der Waals surface area contributed by atoms with Crippen LogP contribution in [-0.4, -0.2) is 20.2 Å². The molecule has 1 fully saturated rings. The van der Waals surface area contributed by atoms with Crippen molar-refractivity contribution in [2.24, 2.45) is 0 Å². The van der Waals surface area contributed by atoms with E-state index in [9.17, 15) is 4.79 Å². The first-order chi connectivity index (χ1) is 11.4. The molecule has 24 heavy (non-hydrogen) atoms. The van der Waals surface area contributed by atoms with Gasteiger partial charge in [-0.25, -0.2) is 0 Å². The van der Waals surface area contributed by atoms with Crippen molar-refractivity contribution in [3.8, 4) is 0 Å². The number of benzene rings is 2. The molecule has 2 aromatic rings. The zero-order valence-electron chi connectivity index (χ0n) is 14.8. The molecule has 0 aromatic heterocycles. The molecule has 2 aromatic carbocycles. The van der Waals surface area contributed by atoms with Gasteiger partial charge in [0.05, 0.1) is 0 Å². The van der Waals surface area contributed by atoms with Gasteiger partial charge in [-0.3, -0.25) is 4.79 Å². The molecule has 1 unspecified atom stereocenters. The van der Waals surface area contributed by atoms with Crippen molar-refractivity contribution in [1.29, 1.82) is 0 Å². The Labute approximate surface area is 146 Å². The first kappa shape index (κ1) is 17.1. The van der Waals surface area contributed by atoms with Crippen LogP contribution >= 0.6 is 0 Å². The van der Waals surface area contributed by atoms with Gasteiger partial charge in [-0.2, -0.15) is 0 Å². The summed E-state index contributed by atoms with van der Waals surface area (Å²) in [7, 11) is -2.58. The SMILES string of the molecule is CC(C)(C)[Si](OC1CCCC1=O)(c1ccccc1)c1ccccc1. The van der Waals surface area contributed by atoms with Crippen LogP contribution in [0.2, 0.25) is 5.04 Å². The van der Waals surface area contributed by atoms with E-state index in [0.29, 0.717) is 6.42 Å². The van der Waals surface area contributed by atoms with E-state index in [2.05, 4.69) is 69.3 Å². The van der Waals surface area contributed by atoms with E-state index < -0.39 is 8.32 Å². The van der Waals surface area contributed by atoms with E-state index in [0.717, 1.165) is 12.8 Å². The second-order valence-electron chi connectivity index (χ2n) is 7.63. The maximum atomic E-state index is 12.3. The third kappa shape index (κ3) is 2.98. The summed E-state index contributed by atoms with van der Waals surface area (Å²) in [5, 5.41) is 2.41. The third-order valence-electron chi connectivity index (χ3n) is 4.98. The van der Waals surface area contributed by atoms with Gasteiger partial charge < -0.3 is 4.43 Å². The van der Waals surface area contributed by atoms with Gasteiger partial charge in [0.25, 0.3) is 8.32 Å². The van der Waals surface area contributed by atoms with Gasteiger partial charge in [-0.05, 0) is 28.3 Å². The second-order valence-corrected chi connectivity index (χ2v) is 11.9. The smallest absolute Gasteiger partial charge is 0.262 e. The minimum Gasteiger partial charge on any atom is -0.397 e. The fraction of sp³-hybridized carbons (Fsp3) is 0.381. The Balaban J connectivity index is 2.19. The van der Waals surface area contributed by atoms with Crippen molar-refractivity contribution in [3.05, 3.63) is 60.7 Å². The zero-order valence-corrected chi connectivity index (χ0v) is 15.8. The Bertz CT molecular complexity index is 649. The Kier molecular flexibility index (Phi) is 4.75. The predicted octanol–water partition coefficient (Wildman–Crippen LogP) is 3.68. The number of Topliss-reactive ketones (excluding diaryl/α,β-unsaturated/α-hetero) is 1. The number of hydrogen-bond donors (Lipinski definition) is 0. The summed E-state index contributed by atoms with van der Waals surface area (Å²) >= 11 is 0. The van der Waals surface area contributed by atoms with Crippen LogP contribution in [0.5, 0.6) is 0 Å². The van der Waals surface area contributed by atoms with E-state index in [1.54, 1.807) is 0 Å². The fourth-order valence-corrected chi connectivity index (χ4v) is 8.50. The van der Waals surface area contributed by atoms with Crippen molar-refractivity contribution in [2.45, 2.75) is 51.2 Å². The molecule has 0 spiro atoms. The van der Waals surface area contributed by atoms with Crippen LogP contribution in [0.1, 0.15) is 40.0 Å². The first-order valence-corrected chi connectivity index (χ1v) is 10.7. The van der Waals surface area contributed by atoms with E-state index in [1.165, 1.54) is 10.4 Å². The average Bonchev–Trinajstić information content (AvgIpc) is 2.98. The van der Waals surface area contributed by atoms with Crippen LogP contribution < -0.4 is 10.4 Å². The van der Waals surface area contributed by atoms with E-state index in [-0.39, 0.29) is 16.9 Å². The van der Waals surface area contributed by atoms with Crippen LogP contribution in [0.3, 0.4) is 0 Å². The van der Waals surface area contributed by atoms with Gasteiger partial charge in [-0.15, -0.1) is 0 Å². The summed E-state index contributed by atoms with van der Waals surface area (Å²) in [5.74, 6) is 0.267. The molecule has 0 amide bonds. The molecule has 3 heteroatoms. The van der Waals surface area contributed by atoms with E-state index >= 15 is 0 Å². The molecule has 1 saturated carbocycles. The first-order valence-electron chi connectivity index (χ1n) is 8.77. The highest BCUT2D eigenvalue weighted by Crippen LogP contribution is 2.38. The predicted molar refractivity (Wildman–Crippen MR) is 101 cm³/mol. The molecule has 1 aliphatic carbocycles. The monoisotopic (exact) mass is 338 g/mol. The molecular formula is C21H26O2Si. The highest BCUT2D eigenvalue weighted by molar-refractivity contribution is 6.99. The lowest BCUT2D eigenvalue weighted by molar-refractivity contribution is -0.123. The largest absolute Gasteiger partial charge is 0.397 e. The molecule has 0 saturated heterocycles. The molecule has 0 heterocycles. The molecule has 0 N–H and O–H groups in total. The maximum absolute atomic E-state index is 12.3. The molecule has 0 radical (unpaired) electrons. The van der Waals surface area contributed by atoms with Gasteiger partial charge in [0.15, 0.2) is 5.78 Å². The number of hydrogen-bond acceptors (Lipinski definition) is 2. The standard InChI is InChI=1S/C21H26O2Si/c1-21(2,3)24(17-11-6-4-7-12-17,18-13-8-5-9-14-18)23-20-16-10-15-19(20)22/h4-9,11-14,20H,10,15-16H2,1-3H3. The van der Waals surface area contributed by atoms with E-state index in [1.807, 2.05) is 12.1 Å². The fourth-order valence-electron chi connectivity index (χ4n) is 3.81. The normalized spacial score (nSPS) is 18.8. The summed E-state index contributed by atoms with van der Waals surface area (Å²) in [5.41, 5.74) is 0. The van der Waals surface area contributed by atoms with Crippen molar-refractivity contribution < 1.29 is 9.22 Å². The molecule has 1 aliphatic rings. The maximum Gasteiger partial charge on any atom is 0.262 e. The molecule has 2 nitrogen and oxygen atoms in total. The van der Waals surface area contributed by atoms with Crippen LogP contribution in [-0.2, 0) is 9.22 Å². The molecule has 3 rings (SSSR count). The van der Waals surface area contributed by atoms with Crippen molar-refractivity contribution in [1.82, 2.24) is 0 Å². The summed E-state index contributed by atoms with van der Waals surface area (Å²) < 4.78 is 6.84. The summed E-state index contributed by atoms with van der Waals surface area (Å²) in [4.78, 5) is 12.3. The van der Waals surface area contributed by atoms with E-state index in [4.69, 9.17) is 4.43 Å². The Morgan fingerprint density at radius 1 is 0.917 bits per heavy atom. The summed E-state index contributed by atoms with van der Waals surface area (Å²) in [6.45, 7) is 6.75. The van der Waals surface area contributed by atoms with Gasteiger partial charge in [0, 0.05) is 6.42 Å². The molecule has 0 bridgehead atoms. The Morgan fingerprint density at radius 2 is 1.42 bits per heavy atom. The van der Waals surface area contributed by atoms with Gasteiger partial charge in [-0.1, -0.05) is 81.4 Å². The van der Waals surface area contributed by atoms with Crippen molar-refractivity contribution >= 4 is 24.5 Å². The summed E-state index contributed by atoms with van der Waals surface area (Å²) in [6.07, 6.45) is 2.20. The second kappa shape index (κ2) is 6.65. The van der Waals surface area contributed by atoms with Crippen LogP contribution in [0.4, 0.5) is 0 Å². The van der Waals surface area contributed by atoms with Gasteiger partial charge in [0.2, 0.25) is 0 Å². The summed E-state index contributed by atoms with van der Waals surface area (Å²) in [6, 6.07) is 21.1. The van der Waals surface area contributed by atoms with Crippen LogP contribution in [0.25, 0.3) is 0 Å². The molecular weight excluding hydrogens is 312 g/mol. The van der Waals surface area contributed by atoms with Gasteiger partial charge in [0.1, 0.15) is 6.10 Å². The highest BCUT2D eigenvalue weighted by Gasteiger charge is 2.52. The van der Waals surface area contributed by atoms with Crippen molar-refractivity contribution in [3.63, 3.8) is 0 Å². The Hall–Kier alpha value is -1.71. The third-order valence-corrected chi connectivity index (χ3v) is 10.0. The minimum atomic E-state index is -2.58. The molecule has 126 valence electrons. The van der Waals surface area contributed by atoms with Crippen LogP contribution in [0, 0.1) is 0 Å². The lowest BCUT2D eigenvalue weighted by atomic mass is 10.2. The van der Waals surface area contributed by atoms with Gasteiger partial charge >= 0.3 is 0 Å². The molecule has 1 atom stereocenters. The Morgan fingerprint density at radius 3 is 1.79 bits per heavy atom. The highest BCUT2D eigenvalue weighted by atomic mass is 28.4. The molecule has 0 aliphatic heterocycles. The topological polar surface area (TPSA) is 26.3 Å². The zero-order chi connectivity index (χ0) is 17.2. The number of carbonyl (C=O) groups excluding carboxylic acids is 1. The van der Waals surface area contributed by atoms with Crippen molar-refractivity contribution in [2.75, 3.05) is 0 Å². The number of carbonyl (C=O) groups is 1.